The lowest BCUT2D eigenvalue weighted by Gasteiger charge is -2.22. The molecule has 3 rings (SSSR count). The Bertz CT molecular complexity index is 444. The second kappa shape index (κ2) is 6.59. The molecule has 0 radical (unpaired) electrons. The van der Waals surface area contributed by atoms with E-state index in [2.05, 4.69) is 40.7 Å². The van der Waals surface area contributed by atoms with E-state index in [0.717, 1.165) is 25.6 Å². The van der Waals surface area contributed by atoms with Gasteiger partial charge in [0, 0.05) is 25.3 Å². The maximum absolute atomic E-state index is 3.67. The van der Waals surface area contributed by atoms with Crippen molar-refractivity contribution in [3.8, 4) is 0 Å². The Morgan fingerprint density at radius 2 is 2.35 bits per heavy atom. The van der Waals surface area contributed by atoms with E-state index in [1.807, 2.05) is 0 Å². The molecule has 0 aromatic heterocycles. The van der Waals surface area contributed by atoms with Gasteiger partial charge in [0.1, 0.15) is 0 Å². The van der Waals surface area contributed by atoms with E-state index in [0.29, 0.717) is 0 Å². The van der Waals surface area contributed by atoms with Gasteiger partial charge < -0.3 is 15.5 Å². The average molecular weight is 273 g/mol. The van der Waals surface area contributed by atoms with Crippen molar-refractivity contribution in [1.29, 1.82) is 0 Å². The molecule has 1 atom stereocenters. The number of nitrogens with zero attached hydrogens (tertiary/aromatic N) is 1. The SMILES string of the molecule is CCN1CCC(CNCc2cccc3c2NCCC3)C1. The van der Waals surface area contributed by atoms with E-state index >= 15 is 0 Å². The zero-order chi connectivity index (χ0) is 13.8. The van der Waals surface area contributed by atoms with Gasteiger partial charge in [-0.05, 0) is 55.9 Å². The van der Waals surface area contributed by atoms with Gasteiger partial charge in [0.05, 0.1) is 0 Å². The standard InChI is InChI=1S/C17H27N3/c1-2-20-10-8-14(13-20)11-18-12-16-6-3-5-15-7-4-9-19-17(15)16/h3,5-6,14,18-19H,2,4,7-13H2,1H3. The molecule has 1 aromatic carbocycles. The molecule has 110 valence electrons. The summed E-state index contributed by atoms with van der Waals surface area (Å²) in [6.07, 6.45) is 3.84. The summed E-state index contributed by atoms with van der Waals surface area (Å²) in [4.78, 5) is 2.55. The molecule has 2 heterocycles. The molecule has 0 saturated carbocycles. The van der Waals surface area contributed by atoms with Gasteiger partial charge in [-0.1, -0.05) is 25.1 Å². The number of nitrogens with one attached hydrogen (secondary N) is 2. The predicted octanol–water partition coefficient (Wildman–Crippen LogP) is 2.48. The number of benzene rings is 1. The number of likely N-dealkylation sites (tertiary alicyclic amines) is 1. The van der Waals surface area contributed by atoms with Crippen molar-refractivity contribution in [3.63, 3.8) is 0 Å². The quantitative estimate of drug-likeness (QED) is 0.863. The van der Waals surface area contributed by atoms with Crippen molar-refractivity contribution in [3.05, 3.63) is 29.3 Å². The van der Waals surface area contributed by atoms with Crippen molar-refractivity contribution >= 4 is 5.69 Å². The lowest BCUT2D eigenvalue weighted by molar-refractivity contribution is 0.339. The van der Waals surface area contributed by atoms with Gasteiger partial charge in [-0.15, -0.1) is 0 Å². The normalized spacial score (nSPS) is 22.6. The molecule has 1 unspecified atom stereocenters. The summed E-state index contributed by atoms with van der Waals surface area (Å²) in [5.74, 6) is 0.836. The molecule has 1 aromatic rings. The molecule has 0 bridgehead atoms. The number of anilines is 1. The Morgan fingerprint density at radius 1 is 1.40 bits per heavy atom. The minimum Gasteiger partial charge on any atom is -0.385 e. The molecule has 1 fully saturated rings. The minimum atomic E-state index is 0.836. The van der Waals surface area contributed by atoms with Gasteiger partial charge in [0.15, 0.2) is 0 Å². The highest BCUT2D eigenvalue weighted by molar-refractivity contribution is 5.59. The van der Waals surface area contributed by atoms with Gasteiger partial charge in [0.25, 0.3) is 0 Å². The Hall–Kier alpha value is -1.06. The fourth-order valence-electron chi connectivity index (χ4n) is 3.51. The summed E-state index contributed by atoms with van der Waals surface area (Å²) < 4.78 is 0. The van der Waals surface area contributed by atoms with Gasteiger partial charge in [-0.25, -0.2) is 0 Å². The lowest BCUT2D eigenvalue weighted by Crippen LogP contribution is -2.26. The van der Waals surface area contributed by atoms with Gasteiger partial charge in [0.2, 0.25) is 0 Å². The Morgan fingerprint density at radius 3 is 3.20 bits per heavy atom. The van der Waals surface area contributed by atoms with E-state index < -0.39 is 0 Å². The predicted molar refractivity (Wildman–Crippen MR) is 85.2 cm³/mol. The molecule has 3 nitrogen and oxygen atoms in total. The maximum atomic E-state index is 3.67. The highest BCUT2D eigenvalue weighted by Crippen LogP contribution is 2.26. The second-order valence-electron chi connectivity index (χ2n) is 6.16. The Kier molecular flexibility index (Phi) is 4.58. The third kappa shape index (κ3) is 3.15. The number of para-hydroxylation sites is 1. The van der Waals surface area contributed by atoms with E-state index in [4.69, 9.17) is 0 Å². The smallest absolute Gasteiger partial charge is 0.0418 e. The van der Waals surface area contributed by atoms with Gasteiger partial charge in [-0.2, -0.15) is 0 Å². The molecule has 3 heteroatoms. The minimum absolute atomic E-state index is 0.836. The molecular formula is C17H27N3. The van der Waals surface area contributed by atoms with Crippen LogP contribution in [0.5, 0.6) is 0 Å². The molecule has 2 aliphatic heterocycles. The maximum Gasteiger partial charge on any atom is 0.0418 e. The second-order valence-corrected chi connectivity index (χ2v) is 6.16. The highest BCUT2D eigenvalue weighted by Gasteiger charge is 2.20. The van der Waals surface area contributed by atoms with E-state index in [1.165, 1.54) is 55.7 Å². The monoisotopic (exact) mass is 273 g/mol. The third-order valence-corrected chi connectivity index (χ3v) is 4.73. The zero-order valence-electron chi connectivity index (χ0n) is 12.6. The van der Waals surface area contributed by atoms with Crippen LogP contribution in [0.4, 0.5) is 5.69 Å². The third-order valence-electron chi connectivity index (χ3n) is 4.73. The van der Waals surface area contributed by atoms with Crippen molar-refractivity contribution in [2.45, 2.75) is 32.7 Å². The molecule has 0 aliphatic carbocycles. The molecule has 0 amide bonds. The van der Waals surface area contributed by atoms with Gasteiger partial charge >= 0.3 is 0 Å². The number of fused-ring (bicyclic) bond motifs is 1. The highest BCUT2D eigenvalue weighted by atomic mass is 15.1. The molecular weight excluding hydrogens is 246 g/mol. The van der Waals surface area contributed by atoms with E-state index in [-0.39, 0.29) is 0 Å². The van der Waals surface area contributed by atoms with Crippen molar-refractivity contribution in [1.82, 2.24) is 10.2 Å². The van der Waals surface area contributed by atoms with Crippen LogP contribution in [0.1, 0.15) is 30.9 Å². The van der Waals surface area contributed by atoms with Crippen molar-refractivity contribution in [2.24, 2.45) is 5.92 Å². The van der Waals surface area contributed by atoms with Crippen LogP contribution in [0.2, 0.25) is 0 Å². The molecule has 20 heavy (non-hydrogen) atoms. The van der Waals surface area contributed by atoms with Crippen LogP contribution >= 0.6 is 0 Å². The van der Waals surface area contributed by atoms with Gasteiger partial charge in [-0.3, -0.25) is 0 Å². The van der Waals surface area contributed by atoms with Crippen LogP contribution in [-0.4, -0.2) is 37.6 Å². The average Bonchev–Trinajstić information content (AvgIpc) is 2.95. The van der Waals surface area contributed by atoms with Crippen LogP contribution in [0.15, 0.2) is 18.2 Å². The Labute approximate surface area is 122 Å². The summed E-state index contributed by atoms with van der Waals surface area (Å²) in [5, 5.41) is 7.25. The van der Waals surface area contributed by atoms with E-state index in [9.17, 15) is 0 Å². The van der Waals surface area contributed by atoms with Crippen LogP contribution in [0.3, 0.4) is 0 Å². The first kappa shape index (κ1) is 13.9. The first-order valence-electron chi connectivity index (χ1n) is 8.14. The summed E-state index contributed by atoms with van der Waals surface area (Å²) >= 11 is 0. The number of hydrogen-bond acceptors (Lipinski definition) is 3. The van der Waals surface area contributed by atoms with E-state index in [1.54, 1.807) is 0 Å². The summed E-state index contributed by atoms with van der Waals surface area (Å²) in [7, 11) is 0. The van der Waals surface area contributed by atoms with Crippen LogP contribution in [0.25, 0.3) is 0 Å². The number of rotatable bonds is 5. The van der Waals surface area contributed by atoms with Crippen LogP contribution in [0, 0.1) is 5.92 Å². The van der Waals surface area contributed by atoms with Crippen molar-refractivity contribution in [2.75, 3.05) is 38.0 Å². The molecule has 2 aliphatic rings. The summed E-state index contributed by atoms with van der Waals surface area (Å²) in [6, 6.07) is 6.73. The first-order valence-corrected chi connectivity index (χ1v) is 8.14. The lowest BCUT2D eigenvalue weighted by atomic mass is 9.99. The molecule has 1 saturated heterocycles. The number of hydrogen-bond donors (Lipinski definition) is 2. The summed E-state index contributed by atoms with van der Waals surface area (Å²) in [6.45, 7) is 9.29. The molecule has 2 N–H and O–H groups in total. The zero-order valence-corrected chi connectivity index (χ0v) is 12.6. The largest absolute Gasteiger partial charge is 0.385 e. The number of aryl methyl sites for hydroxylation is 1. The first-order chi connectivity index (χ1) is 9.86. The fraction of sp³-hybridized carbons (Fsp3) is 0.647. The van der Waals surface area contributed by atoms with Crippen LogP contribution < -0.4 is 10.6 Å². The Balaban J connectivity index is 1.52. The van der Waals surface area contributed by atoms with Crippen LogP contribution in [-0.2, 0) is 13.0 Å². The summed E-state index contributed by atoms with van der Waals surface area (Å²) in [5.41, 5.74) is 4.33. The topological polar surface area (TPSA) is 27.3 Å². The molecule has 0 spiro atoms. The fourth-order valence-corrected chi connectivity index (χ4v) is 3.51. The van der Waals surface area contributed by atoms with Crippen molar-refractivity contribution < 1.29 is 0 Å².